The fraction of sp³-hybridized carbons (Fsp3) is 0.451. The van der Waals surface area contributed by atoms with E-state index in [-0.39, 0.29) is 43.4 Å². The van der Waals surface area contributed by atoms with Gasteiger partial charge >= 0.3 is 35.8 Å². The minimum Gasteiger partial charge on any atom is -0.493 e. The van der Waals surface area contributed by atoms with Crippen LogP contribution in [0.15, 0.2) is 85.0 Å². The van der Waals surface area contributed by atoms with Crippen molar-refractivity contribution in [3.63, 3.8) is 0 Å². The van der Waals surface area contributed by atoms with Crippen molar-refractivity contribution in [2.45, 2.75) is 93.6 Å². The number of unbranched alkanes of at least 4 members (excludes halogenated alkanes) is 4. The first-order valence-electron chi connectivity index (χ1n) is 21.9. The lowest BCUT2D eigenvalue weighted by Gasteiger charge is -2.32. The Balaban J connectivity index is 1.97. The molecule has 0 N–H and O–H groups in total. The third kappa shape index (κ3) is 16.6. The van der Waals surface area contributed by atoms with E-state index < -0.39 is 72.9 Å². The number of rotatable bonds is 27. The number of esters is 6. The zero-order valence-corrected chi connectivity index (χ0v) is 38.7. The van der Waals surface area contributed by atoms with E-state index in [4.69, 9.17) is 33.2 Å². The number of hydrogen-bond donors (Lipinski definition) is 0. The van der Waals surface area contributed by atoms with Crippen molar-refractivity contribution in [1.29, 1.82) is 0 Å². The standard InChI is InChI=1S/C51H63FO13/c1-10-13-14-15-16-17-37-18-24-43(44(52)26-37)39-21-25-42(40(27-39)28-61-45(53)33(4)5)38-19-22-41(23-20-38)62-29-51(30-63-46(54)34(6)7,31-64-49(57)35(8)47(55)59-11-2)32-65-50(58)36(9)48(56)60-12-3/h18-27,35-36H,4,6,10-17,28-32H2,1-3,5,7-9H3. The summed E-state index contributed by atoms with van der Waals surface area (Å²) in [6.45, 7) is 16.1. The van der Waals surface area contributed by atoms with Crippen molar-refractivity contribution in [3.8, 4) is 28.0 Å². The SMILES string of the molecule is C=C(C)C(=O)OCc1cc(-c2ccc(CCCCCCC)cc2F)ccc1-c1ccc(OCC(COC(=O)C(=C)C)(COC(=O)C(C)C(=O)OCC)COC(=O)C(C)C(=O)OCC)cc1. The quantitative estimate of drug-likeness (QED) is 0.0234. The largest absolute Gasteiger partial charge is 0.493 e. The van der Waals surface area contributed by atoms with Gasteiger partial charge in [-0.1, -0.05) is 82.2 Å². The summed E-state index contributed by atoms with van der Waals surface area (Å²) >= 11 is 0. The van der Waals surface area contributed by atoms with Gasteiger partial charge in [-0.2, -0.15) is 0 Å². The molecule has 0 amide bonds. The summed E-state index contributed by atoms with van der Waals surface area (Å²) in [5.41, 5.74) is 2.60. The lowest BCUT2D eigenvalue weighted by atomic mass is 9.91. The van der Waals surface area contributed by atoms with Gasteiger partial charge in [0.2, 0.25) is 0 Å². The zero-order valence-electron chi connectivity index (χ0n) is 38.7. The minimum atomic E-state index is -1.59. The van der Waals surface area contributed by atoms with Crippen LogP contribution in [0.5, 0.6) is 5.75 Å². The third-order valence-corrected chi connectivity index (χ3v) is 10.3. The smallest absolute Gasteiger partial charge is 0.333 e. The zero-order chi connectivity index (χ0) is 48.1. The molecular formula is C51H63FO13. The number of carbonyl (C=O) groups excluding carboxylic acids is 6. The van der Waals surface area contributed by atoms with Gasteiger partial charge in [0.1, 0.15) is 50.0 Å². The Bertz CT molecular complexity index is 2100. The van der Waals surface area contributed by atoms with Crippen LogP contribution in [0.25, 0.3) is 22.3 Å². The van der Waals surface area contributed by atoms with Crippen LogP contribution in [-0.2, 0) is 70.2 Å². The minimum absolute atomic E-state index is 0.0291. The van der Waals surface area contributed by atoms with Gasteiger partial charge in [0.05, 0.1) is 13.2 Å². The molecule has 3 rings (SSSR count). The normalized spacial score (nSPS) is 12.7. The molecule has 3 aromatic carbocycles. The Labute approximate surface area is 381 Å². The van der Waals surface area contributed by atoms with Gasteiger partial charge in [-0.25, -0.2) is 14.0 Å². The van der Waals surface area contributed by atoms with Crippen molar-refractivity contribution in [2.24, 2.45) is 17.3 Å². The first-order valence-corrected chi connectivity index (χ1v) is 21.9. The number of ether oxygens (including phenoxy) is 7. The maximum absolute atomic E-state index is 15.6. The van der Waals surface area contributed by atoms with E-state index in [1.807, 2.05) is 12.1 Å². The van der Waals surface area contributed by atoms with Gasteiger partial charge in [0, 0.05) is 16.7 Å². The topological polar surface area (TPSA) is 167 Å². The molecule has 0 heterocycles. The Morgan fingerprint density at radius 1 is 0.585 bits per heavy atom. The molecule has 2 unspecified atom stereocenters. The van der Waals surface area contributed by atoms with Crippen LogP contribution in [0.3, 0.4) is 0 Å². The van der Waals surface area contributed by atoms with Crippen molar-refractivity contribution in [2.75, 3.05) is 39.6 Å². The Hall–Kier alpha value is -6.31. The van der Waals surface area contributed by atoms with Gasteiger partial charge in [-0.3, -0.25) is 19.2 Å². The van der Waals surface area contributed by atoms with E-state index in [1.165, 1.54) is 27.2 Å². The summed E-state index contributed by atoms with van der Waals surface area (Å²) in [7, 11) is 0. The monoisotopic (exact) mass is 902 g/mol. The lowest BCUT2D eigenvalue weighted by molar-refractivity contribution is -0.171. The van der Waals surface area contributed by atoms with Crippen LogP contribution in [0.2, 0.25) is 0 Å². The molecule has 0 aromatic heterocycles. The Morgan fingerprint density at radius 2 is 1.09 bits per heavy atom. The summed E-state index contributed by atoms with van der Waals surface area (Å²) in [6, 6.07) is 17.4. The molecule has 0 fully saturated rings. The van der Waals surface area contributed by atoms with Crippen LogP contribution >= 0.6 is 0 Å². The second-order valence-electron chi connectivity index (χ2n) is 16.0. The number of hydrogen-bond acceptors (Lipinski definition) is 13. The van der Waals surface area contributed by atoms with Crippen LogP contribution in [0.1, 0.15) is 91.7 Å². The van der Waals surface area contributed by atoms with Crippen LogP contribution in [0.4, 0.5) is 4.39 Å². The van der Waals surface area contributed by atoms with Gasteiger partial charge in [0.15, 0.2) is 11.8 Å². The maximum Gasteiger partial charge on any atom is 0.333 e. The molecule has 0 bridgehead atoms. The number of halogens is 1. The molecular weight excluding hydrogens is 840 g/mol. The van der Waals surface area contributed by atoms with E-state index in [0.29, 0.717) is 33.6 Å². The number of aryl methyl sites for hydroxylation is 1. The second kappa shape index (κ2) is 26.5. The summed E-state index contributed by atoms with van der Waals surface area (Å²) in [5.74, 6) is -7.63. The molecule has 0 aliphatic carbocycles. The molecule has 0 aliphatic heterocycles. The lowest BCUT2D eigenvalue weighted by Crippen LogP contribution is -2.45. The molecule has 0 radical (unpaired) electrons. The van der Waals surface area contributed by atoms with Gasteiger partial charge in [0.25, 0.3) is 0 Å². The van der Waals surface area contributed by atoms with E-state index in [2.05, 4.69) is 20.1 Å². The second-order valence-corrected chi connectivity index (χ2v) is 16.0. The van der Waals surface area contributed by atoms with Crippen molar-refractivity contribution < 1.29 is 66.3 Å². The van der Waals surface area contributed by atoms with Crippen LogP contribution in [0, 0.1) is 23.1 Å². The number of benzene rings is 3. The molecule has 0 saturated carbocycles. The summed E-state index contributed by atoms with van der Waals surface area (Å²) in [5, 5.41) is 0. The molecule has 0 spiro atoms. The average Bonchev–Trinajstić information content (AvgIpc) is 3.29. The molecule has 3 aromatic rings. The fourth-order valence-corrected chi connectivity index (χ4v) is 6.29. The van der Waals surface area contributed by atoms with Gasteiger partial charge in [-0.15, -0.1) is 0 Å². The van der Waals surface area contributed by atoms with Gasteiger partial charge in [-0.05, 0) is 106 Å². The van der Waals surface area contributed by atoms with Crippen LogP contribution in [-0.4, -0.2) is 75.5 Å². The molecule has 13 nitrogen and oxygen atoms in total. The molecule has 2 atom stereocenters. The Kier molecular flexibility index (Phi) is 21.6. The van der Waals surface area contributed by atoms with Crippen molar-refractivity contribution in [3.05, 3.63) is 102 Å². The fourth-order valence-electron chi connectivity index (χ4n) is 6.29. The first-order chi connectivity index (χ1) is 30.9. The van der Waals surface area contributed by atoms with Crippen LogP contribution < -0.4 is 4.74 Å². The number of carbonyl (C=O) groups is 6. The van der Waals surface area contributed by atoms with Gasteiger partial charge < -0.3 is 33.2 Å². The van der Waals surface area contributed by atoms with Crippen molar-refractivity contribution in [1.82, 2.24) is 0 Å². The highest BCUT2D eigenvalue weighted by Gasteiger charge is 2.40. The molecule has 65 heavy (non-hydrogen) atoms. The third-order valence-electron chi connectivity index (χ3n) is 10.3. The molecule has 0 aliphatic rings. The maximum atomic E-state index is 15.6. The highest BCUT2D eigenvalue weighted by molar-refractivity contribution is 5.95. The highest BCUT2D eigenvalue weighted by atomic mass is 19.1. The summed E-state index contributed by atoms with van der Waals surface area (Å²) < 4.78 is 53.8. The molecule has 14 heteroatoms. The first kappa shape index (κ1) is 53.0. The van der Waals surface area contributed by atoms with Crippen molar-refractivity contribution >= 4 is 35.8 Å². The molecule has 352 valence electrons. The Morgan fingerprint density at radius 3 is 1.63 bits per heavy atom. The molecule has 0 saturated heterocycles. The van der Waals surface area contributed by atoms with E-state index in [0.717, 1.165) is 37.7 Å². The average molecular weight is 903 g/mol. The predicted molar refractivity (Wildman–Crippen MR) is 242 cm³/mol. The predicted octanol–water partition coefficient (Wildman–Crippen LogP) is 9.26. The van der Waals surface area contributed by atoms with E-state index >= 15 is 4.39 Å². The summed E-state index contributed by atoms with van der Waals surface area (Å²) in [6.07, 6.45) is 6.37. The van der Waals surface area contributed by atoms with E-state index in [1.54, 1.807) is 69.3 Å². The van der Waals surface area contributed by atoms with E-state index in [9.17, 15) is 28.8 Å². The highest BCUT2D eigenvalue weighted by Crippen LogP contribution is 2.33. The summed E-state index contributed by atoms with van der Waals surface area (Å²) in [4.78, 5) is 75.9.